The summed E-state index contributed by atoms with van der Waals surface area (Å²) in [6, 6.07) is 8.38. The van der Waals surface area contributed by atoms with Crippen LogP contribution in [0, 0.1) is 0 Å². The van der Waals surface area contributed by atoms with Crippen LogP contribution in [0.5, 0.6) is 0 Å². The fraction of sp³-hybridized carbons (Fsp3) is 0.357. The number of hydrogen-bond acceptors (Lipinski definition) is 1. The first kappa shape index (κ1) is 10.4. The Morgan fingerprint density at radius 1 is 1.24 bits per heavy atom. The molecule has 0 unspecified atom stereocenters. The van der Waals surface area contributed by atoms with Crippen molar-refractivity contribution in [2.45, 2.75) is 31.7 Å². The van der Waals surface area contributed by atoms with Gasteiger partial charge < -0.3 is 10.3 Å². The Morgan fingerprint density at radius 3 is 2.71 bits per heavy atom. The molecule has 1 aliphatic rings. The third-order valence-electron chi connectivity index (χ3n) is 3.73. The van der Waals surface area contributed by atoms with E-state index < -0.39 is 0 Å². The third kappa shape index (κ3) is 1.71. The smallest absolute Gasteiger partial charge is 0.248 e. The molecule has 0 aliphatic heterocycles. The van der Waals surface area contributed by atoms with Crippen molar-refractivity contribution in [1.29, 1.82) is 0 Å². The number of rotatable bonds is 2. The molecule has 2 aromatic rings. The Bertz CT molecular complexity index is 565. The average Bonchev–Trinajstić information content (AvgIpc) is 2.96. The summed E-state index contributed by atoms with van der Waals surface area (Å²) >= 11 is 0. The molecule has 3 rings (SSSR count). The number of aromatic nitrogens is 1. The summed E-state index contributed by atoms with van der Waals surface area (Å²) in [5.41, 5.74) is 7.05. The van der Waals surface area contributed by atoms with Gasteiger partial charge in [0.1, 0.15) is 0 Å². The van der Waals surface area contributed by atoms with E-state index in [-0.39, 0.29) is 5.91 Å². The van der Waals surface area contributed by atoms with Gasteiger partial charge in [-0.2, -0.15) is 0 Å². The van der Waals surface area contributed by atoms with Crippen molar-refractivity contribution in [3.8, 4) is 0 Å². The minimum atomic E-state index is -0.355. The Labute approximate surface area is 100 Å². The third-order valence-corrected chi connectivity index (χ3v) is 3.73. The molecule has 1 saturated carbocycles. The zero-order valence-electron chi connectivity index (χ0n) is 9.73. The molecule has 0 atom stereocenters. The number of primary amides is 1. The van der Waals surface area contributed by atoms with Gasteiger partial charge in [0.15, 0.2) is 0 Å². The molecular formula is C14H16N2O. The molecule has 1 fully saturated rings. The van der Waals surface area contributed by atoms with E-state index in [4.69, 9.17) is 5.73 Å². The van der Waals surface area contributed by atoms with Crippen LogP contribution in [0.4, 0.5) is 0 Å². The molecule has 0 saturated heterocycles. The van der Waals surface area contributed by atoms with E-state index in [1.807, 2.05) is 12.1 Å². The molecule has 1 aromatic carbocycles. The van der Waals surface area contributed by atoms with Crippen molar-refractivity contribution in [3.63, 3.8) is 0 Å². The lowest BCUT2D eigenvalue weighted by Gasteiger charge is -2.13. The zero-order valence-corrected chi connectivity index (χ0v) is 9.73. The summed E-state index contributed by atoms with van der Waals surface area (Å²) in [6.45, 7) is 0. The molecule has 1 heterocycles. The molecule has 88 valence electrons. The Morgan fingerprint density at radius 2 is 2.00 bits per heavy atom. The molecule has 0 bridgehead atoms. The van der Waals surface area contributed by atoms with Crippen LogP contribution in [0.25, 0.3) is 10.9 Å². The van der Waals surface area contributed by atoms with E-state index >= 15 is 0 Å². The number of benzene rings is 1. The van der Waals surface area contributed by atoms with Gasteiger partial charge in [-0.3, -0.25) is 4.79 Å². The van der Waals surface area contributed by atoms with Crippen LogP contribution in [-0.4, -0.2) is 10.5 Å². The Balaban J connectivity index is 2.11. The standard InChI is InChI=1S/C14H16N2O/c15-14(17)11-6-5-10-7-8-16(13(10)9-11)12-3-1-2-4-12/h5-9,12H,1-4H2,(H2,15,17). The maximum absolute atomic E-state index is 11.2. The van der Waals surface area contributed by atoms with Crippen LogP contribution in [0.1, 0.15) is 42.1 Å². The summed E-state index contributed by atoms with van der Waals surface area (Å²) < 4.78 is 2.30. The lowest BCUT2D eigenvalue weighted by atomic mass is 10.1. The lowest BCUT2D eigenvalue weighted by Crippen LogP contribution is -2.11. The number of carbonyl (C=O) groups is 1. The molecule has 1 amide bonds. The van der Waals surface area contributed by atoms with Crippen LogP contribution in [0.2, 0.25) is 0 Å². The zero-order chi connectivity index (χ0) is 11.8. The first-order valence-corrected chi connectivity index (χ1v) is 6.16. The van der Waals surface area contributed by atoms with Gasteiger partial charge in [-0.05, 0) is 36.4 Å². The summed E-state index contributed by atoms with van der Waals surface area (Å²) in [4.78, 5) is 11.2. The van der Waals surface area contributed by atoms with Crippen molar-refractivity contribution >= 4 is 16.8 Å². The van der Waals surface area contributed by atoms with Gasteiger partial charge >= 0.3 is 0 Å². The largest absolute Gasteiger partial charge is 0.366 e. The molecule has 3 nitrogen and oxygen atoms in total. The first-order valence-electron chi connectivity index (χ1n) is 6.16. The highest BCUT2D eigenvalue weighted by molar-refractivity contribution is 5.97. The molecule has 17 heavy (non-hydrogen) atoms. The summed E-state index contributed by atoms with van der Waals surface area (Å²) in [5.74, 6) is -0.355. The lowest BCUT2D eigenvalue weighted by molar-refractivity contribution is 0.100. The SMILES string of the molecule is NC(=O)c1ccc2ccn(C3CCCC3)c2c1. The highest BCUT2D eigenvalue weighted by Crippen LogP contribution is 2.32. The number of amides is 1. The monoisotopic (exact) mass is 228 g/mol. The number of carbonyl (C=O) groups excluding carboxylic acids is 1. The number of fused-ring (bicyclic) bond motifs is 1. The summed E-state index contributed by atoms with van der Waals surface area (Å²) in [5, 5.41) is 1.18. The summed E-state index contributed by atoms with van der Waals surface area (Å²) in [7, 11) is 0. The second kappa shape index (κ2) is 3.91. The molecule has 0 spiro atoms. The topological polar surface area (TPSA) is 48.0 Å². The van der Waals surface area contributed by atoms with Gasteiger partial charge in [0, 0.05) is 23.3 Å². The van der Waals surface area contributed by atoms with E-state index in [1.54, 1.807) is 6.07 Å². The van der Waals surface area contributed by atoms with E-state index in [0.29, 0.717) is 11.6 Å². The van der Waals surface area contributed by atoms with Gasteiger partial charge in [-0.15, -0.1) is 0 Å². The van der Waals surface area contributed by atoms with Crippen molar-refractivity contribution in [2.24, 2.45) is 5.73 Å². The van der Waals surface area contributed by atoms with E-state index in [2.05, 4.69) is 16.8 Å². The van der Waals surface area contributed by atoms with Crippen LogP contribution in [0.3, 0.4) is 0 Å². The van der Waals surface area contributed by atoms with E-state index in [1.165, 1.54) is 31.1 Å². The molecule has 3 heteroatoms. The number of nitrogens with two attached hydrogens (primary N) is 1. The molecule has 1 aromatic heterocycles. The minimum absolute atomic E-state index is 0.355. The molecule has 0 radical (unpaired) electrons. The van der Waals surface area contributed by atoms with Gasteiger partial charge in [0.25, 0.3) is 0 Å². The number of hydrogen-bond donors (Lipinski definition) is 1. The fourth-order valence-electron chi connectivity index (χ4n) is 2.80. The van der Waals surface area contributed by atoms with Gasteiger partial charge in [-0.25, -0.2) is 0 Å². The Kier molecular flexibility index (Phi) is 2.39. The predicted molar refractivity (Wildman–Crippen MR) is 68.0 cm³/mol. The highest BCUT2D eigenvalue weighted by Gasteiger charge is 2.18. The Hall–Kier alpha value is -1.77. The maximum Gasteiger partial charge on any atom is 0.248 e. The van der Waals surface area contributed by atoms with Crippen molar-refractivity contribution < 1.29 is 4.79 Å². The maximum atomic E-state index is 11.2. The highest BCUT2D eigenvalue weighted by atomic mass is 16.1. The molecule has 2 N–H and O–H groups in total. The van der Waals surface area contributed by atoms with Gasteiger partial charge in [0.2, 0.25) is 5.91 Å². The normalized spacial score (nSPS) is 16.7. The number of nitrogens with zero attached hydrogens (tertiary/aromatic N) is 1. The predicted octanol–water partition coefficient (Wildman–Crippen LogP) is 2.86. The fourth-order valence-corrected chi connectivity index (χ4v) is 2.80. The van der Waals surface area contributed by atoms with Crippen molar-refractivity contribution in [1.82, 2.24) is 4.57 Å². The minimum Gasteiger partial charge on any atom is -0.366 e. The van der Waals surface area contributed by atoms with Crippen molar-refractivity contribution in [3.05, 3.63) is 36.0 Å². The quantitative estimate of drug-likeness (QED) is 0.844. The van der Waals surface area contributed by atoms with Crippen LogP contribution < -0.4 is 5.73 Å². The van der Waals surface area contributed by atoms with Crippen LogP contribution >= 0.6 is 0 Å². The molecular weight excluding hydrogens is 212 g/mol. The van der Waals surface area contributed by atoms with Crippen LogP contribution in [-0.2, 0) is 0 Å². The first-order chi connectivity index (χ1) is 8.25. The second-order valence-electron chi connectivity index (χ2n) is 4.80. The van der Waals surface area contributed by atoms with Gasteiger partial charge in [-0.1, -0.05) is 18.9 Å². The average molecular weight is 228 g/mol. The van der Waals surface area contributed by atoms with E-state index in [0.717, 1.165) is 5.52 Å². The van der Waals surface area contributed by atoms with Gasteiger partial charge in [0.05, 0.1) is 0 Å². The molecule has 1 aliphatic carbocycles. The van der Waals surface area contributed by atoms with Crippen LogP contribution in [0.15, 0.2) is 30.5 Å². The van der Waals surface area contributed by atoms with E-state index in [9.17, 15) is 4.79 Å². The van der Waals surface area contributed by atoms with Crippen molar-refractivity contribution in [2.75, 3.05) is 0 Å². The second-order valence-corrected chi connectivity index (χ2v) is 4.80. The summed E-state index contributed by atoms with van der Waals surface area (Å²) in [6.07, 6.45) is 7.22.